The summed E-state index contributed by atoms with van der Waals surface area (Å²) in [6, 6.07) is 9.93. The van der Waals surface area contributed by atoms with Crippen LogP contribution in [-0.2, 0) is 17.9 Å². The van der Waals surface area contributed by atoms with Gasteiger partial charge in [-0.15, -0.1) is 0 Å². The van der Waals surface area contributed by atoms with Crippen LogP contribution < -0.4 is 5.32 Å². The minimum Gasteiger partial charge on any atom is -0.353 e. The Bertz CT molecular complexity index is 664. The Balaban J connectivity index is 1.91. The minimum absolute atomic E-state index is 0.0862. The molecule has 1 aromatic carbocycles. The number of hydrogen-bond donors (Lipinski definition) is 1. The van der Waals surface area contributed by atoms with E-state index < -0.39 is 0 Å². The molecular weight excluding hydrogens is 276 g/mol. The van der Waals surface area contributed by atoms with E-state index in [0.29, 0.717) is 6.54 Å². The van der Waals surface area contributed by atoms with Gasteiger partial charge in [-0.05, 0) is 31.0 Å². The van der Waals surface area contributed by atoms with Gasteiger partial charge in [0.25, 0.3) is 0 Å². The Kier molecular flexibility index (Phi) is 4.24. The van der Waals surface area contributed by atoms with Crippen LogP contribution in [-0.4, -0.2) is 33.7 Å². The monoisotopic (exact) mass is 298 g/mol. The molecule has 2 heterocycles. The Morgan fingerprint density at radius 1 is 1.32 bits per heavy atom. The third kappa shape index (κ3) is 2.76. The molecular formula is C17H22N4O. The number of aryl methyl sites for hydroxylation is 2. The van der Waals surface area contributed by atoms with Gasteiger partial charge < -0.3 is 5.32 Å². The van der Waals surface area contributed by atoms with Crippen molar-refractivity contribution in [1.29, 1.82) is 0 Å². The molecule has 1 saturated heterocycles. The molecule has 0 saturated carbocycles. The molecule has 116 valence electrons. The van der Waals surface area contributed by atoms with Crippen molar-refractivity contribution in [2.75, 3.05) is 13.1 Å². The number of rotatable bonds is 4. The lowest BCUT2D eigenvalue weighted by atomic mass is 9.97. The van der Waals surface area contributed by atoms with Crippen LogP contribution in [0, 0.1) is 6.92 Å². The van der Waals surface area contributed by atoms with Crippen LogP contribution >= 0.6 is 0 Å². The van der Waals surface area contributed by atoms with E-state index in [4.69, 9.17) is 0 Å². The highest BCUT2D eigenvalue weighted by molar-refractivity contribution is 5.84. The van der Waals surface area contributed by atoms with Crippen LogP contribution in [0.5, 0.6) is 0 Å². The summed E-state index contributed by atoms with van der Waals surface area (Å²) in [6.45, 7) is 7.27. The van der Waals surface area contributed by atoms with Gasteiger partial charge in [0.2, 0.25) is 5.91 Å². The lowest BCUT2D eigenvalue weighted by molar-refractivity contribution is -0.129. The van der Waals surface area contributed by atoms with Crippen LogP contribution in [0.1, 0.15) is 29.8 Å². The van der Waals surface area contributed by atoms with E-state index in [2.05, 4.69) is 41.3 Å². The molecule has 1 fully saturated rings. The second kappa shape index (κ2) is 6.32. The van der Waals surface area contributed by atoms with E-state index in [0.717, 1.165) is 36.5 Å². The average Bonchev–Trinajstić information content (AvgIpc) is 2.96. The summed E-state index contributed by atoms with van der Waals surface area (Å²) in [5.41, 5.74) is 3.39. The lowest BCUT2D eigenvalue weighted by Gasteiger charge is -2.35. The summed E-state index contributed by atoms with van der Waals surface area (Å²) in [5, 5.41) is 7.32. The third-order valence-electron chi connectivity index (χ3n) is 4.26. The molecule has 1 amide bonds. The number of aromatic nitrogens is 2. The van der Waals surface area contributed by atoms with E-state index >= 15 is 0 Å². The van der Waals surface area contributed by atoms with E-state index in [9.17, 15) is 4.79 Å². The molecule has 0 unspecified atom stereocenters. The molecule has 0 spiro atoms. The maximum absolute atomic E-state index is 12.5. The van der Waals surface area contributed by atoms with Gasteiger partial charge in [0, 0.05) is 32.4 Å². The zero-order valence-corrected chi connectivity index (χ0v) is 13.1. The fourth-order valence-electron chi connectivity index (χ4n) is 3.10. The van der Waals surface area contributed by atoms with E-state index in [1.165, 1.54) is 0 Å². The number of nitrogens with one attached hydrogen (secondary N) is 1. The summed E-state index contributed by atoms with van der Waals surface area (Å²) in [5.74, 6) is 0.0862. The molecule has 22 heavy (non-hydrogen) atoms. The van der Waals surface area contributed by atoms with Gasteiger partial charge in [-0.1, -0.05) is 24.3 Å². The quantitative estimate of drug-likeness (QED) is 0.937. The highest BCUT2D eigenvalue weighted by Crippen LogP contribution is 2.27. The Morgan fingerprint density at radius 3 is 2.91 bits per heavy atom. The first-order valence-electron chi connectivity index (χ1n) is 7.78. The topological polar surface area (TPSA) is 50.2 Å². The second-order valence-corrected chi connectivity index (χ2v) is 5.66. The number of nitrogens with zero attached hydrogens (tertiary/aromatic N) is 3. The number of piperazine rings is 1. The normalized spacial score (nSPS) is 19.2. The van der Waals surface area contributed by atoms with E-state index in [1.54, 1.807) is 0 Å². The predicted octanol–water partition coefficient (Wildman–Crippen LogP) is 1.88. The molecule has 0 bridgehead atoms. The van der Waals surface area contributed by atoms with Crippen molar-refractivity contribution in [1.82, 2.24) is 20.0 Å². The van der Waals surface area contributed by atoms with Crippen LogP contribution in [0.25, 0.3) is 0 Å². The van der Waals surface area contributed by atoms with Crippen molar-refractivity contribution < 1.29 is 4.79 Å². The smallest absolute Gasteiger partial charge is 0.242 e. The molecule has 1 aliphatic rings. The van der Waals surface area contributed by atoms with Crippen molar-refractivity contribution in [3.8, 4) is 0 Å². The molecule has 1 atom stereocenters. The molecule has 5 nitrogen and oxygen atoms in total. The van der Waals surface area contributed by atoms with Crippen LogP contribution in [0.3, 0.4) is 0 Å². The molecule has 0 aliphatic carbocycles. The van der Waals surface area contributed by atoms with Gasteiger partial charge in [0.15, 0.2) is 0 Å². The first-order chi connectivity index (χ1) is 10.7. The number of amides is 1. The van der Waals surface area contributed by atoms with Crippen molar-refractivity contribution in [2.45, 2.75) is 33.0 Å². The second-order valence-electron chi connectivity index (χ2n) is 5.66. The van der Waals surface area contributed by atoms with Crippen LogP contribution in [0.2, 0.25) is 0 Å². The standard InChI is InChI=1S/C17H22N4O/c1-3-21-14(8-9-19-21)12-20-11-10-18-17(22)16(20)15-7-5-4-6-13(15)2/h4-9,16H,3,10-12H2,1-2H3,(H,18,22)/t16-/m0/s1. The van der Waals surface area contributed by atoms with Crippen LogP contribution in [0.15, 0.2) is 36.5 Å². The number of benzene rings is 1. The molecule has 1 N–H and O–H groups in total. The fraction of sp³-hybridized carbons (Fsp3) is 0.412. The number of carbonyl (C=O) groups excluding carboxylic acids is 1. The van der Waals surface area contributed by atoms with Crippen molar-refractivity contribution >= 4 is 5.91 Å². The van der Waals surface area contributed by atoms with Crippen molar-refractivity contribution in [3.63, 3.8) is 0 Å². The van der Waals surface area contributed by atoms with Gasteiger partial charge >= 0.3 is 0 Å². The van der Waals surface area contributed by atoms with Crippen LogP contribution in [0.4, 0.5) is 0 Å². The lowest BCUT2D eigenvalue weighted by Crippen LogP contribution is -2.49. The highest BCUT2D eigenvalue weighted by atomic mass is 16.2. The van der Waals surface area contributed by atoms with Gasteiger partial charge in [-0.3, -0.25) is 14.4 Å². The molecule has 5 heteroatoms. The molecule has 1 aromatic heterocycles. The summed E-state index contributed by atoms with van der Waals surface area (Å²) in [4.78, 5) is 14.7. The summed E-state index contributed by atoms with van der Waals surface area (Å²) in [6.07, 6.45) is 1.83. The Morgan fingerprint density at radius 2 is 2.14 bits per heavy atom. The summed E-state index contributed by atoms with van der Waals surface area (Å²) < 4.78 is 1.99. The Labute approximate surface area is 130 Å². The van der Waals surface area contributed by atoms with Gasteiger partial charge in [0.1, 0.15) is 6.04 Å². The van der Waals surface area contributed by atoms with Gasteiger partial charge in [-0.25, -0.2) is 0 Å². The number of carbonyl (C=O) groups is 1. The zero-order valence-electron chi connectivity index (χ0n) is 13.1. The largest absolute Gasteiger partial charge is 0.353 e. The van der Waals surface area contributed by atoms with E-state index in [1.807, 2.05) is 29.1 Å². The SMILES string of the molecule is CCn1nccc1CN1CCNC(=O)[C@@H]1c1ccccc1C. The zero-order chi connectivity index (χ0) is 15.5. The third-order valence-corrected chi connectivity index (χ3v) is 4.26. The first-order valence-corrected chi connectivity index (χ1v) is 7.78. The summed E-state index contributed by atoms with van der Waals surface area (Å²) >= 11 is 0. The van der Waals surface area contributed by atoms with E-state index in [-0.39, 0.29) is 11.9 Å². The molecule has 0 radical (unpaired) electrons. The maximum Gasteiger partial charge on any atom is 0.242 e. The number of hydrogen-bond acceptors (Lipinski definition) is 3. The predicted molar refractivity (Wildman–Crippen MR) is 85.2 cm³/mol. The van der Waals surface area contributed by atoms with Gasteiger partial charge in [-0.2, -0.15) is 5.10 Å². The van der Waals surface area contributed by atoms with Gasteiger partial charge in [0.05, 0.1) is 5.69 Å². The molecule has 2 aromatic rings. The first kappa shape index (κ1) is 14.8. The van der Waals surface area contributed by atoms with Crippen molar-refractivity contribution in [3.05, 3.63) is 53.3 Å². The molecule has 3 rings (SSSR count). The highest BCUT2D eigenvalue weighted by Gasteiger charge is 2.32. The fourth-order valence-corrected chi connectivity index (χ4v) is 3.10. The average molecular weight is 298 g/mol. The Hall–Kier alpha value is -2.14. The summed E-state index contributed by atoms with van der Waals surface area (Å²) in [7, 11) is 0. The van der Waals surface area contributed by atoms with Crippen molar-refractivity contribution in [2.24, 2.45) is 0 Å². The minimum atomic E-state index is -0.227. The maximum atomic E-state index is 12.5. The molecule has 1 aliphatic heterocycles.